The van der Waals surface area contributed by atoms with E-state index in [0.717, 1.165) is 13.8 Å². The molecule has 2 aliphatic heterocycles. The molecule has 0 aromatic heterocycles. The summed E-state index contributed by atoms with van der Waals surface area (Å²) in [5.41, 5.74) is 0. The molecule has 9 N–H and O–H groups in total. The smallest absolute Gasteiger partial charge is 0.306 e. The van der Waals surface area contributed by atoms with Crippen molar-refractivity contribution < 1.29 is 64.0 Å². The molecule has 0 spiro atoms. The molecule has 0 bridgehead atoms. The zero-order valence-electron chi connectivity index (χ0n) is 19.6. The number of carbonyl (C=O) groups excluding carboxylic acids is 4. The van der Waals surface area contributed by atoms with Crippen LogP contribution in [0.25, 0.3) is 0 Å². The molecule has 1 unspecified atom stereocenters. The highest BCUT2D eigenvalue weighted by atomic mass is 16.6. The molecule has 2 saturated heterocycles. The summed E-state index contributed by atoms with van der Waals surface area (Å²) < 4.78 is 15.6. The van der Waals surface area contributed by atoms with E-state index in [1.165, 1.54) is 0 Å². The van der Waals surface area contributed by atoms with Gasteiger partial charge in [-0.15, -0.1) is 0 Å². The zero-order valence-corrected chi connectivity index (χ0v) is 19.6. The number of carbonyl (C=O) groups is 4. The van der Waals surface area contributed by atoms with Gasteiger partial charge in [-0.05, 0) is 0 Å². The number of ether oxygens (including phenoxy) is 3. The topological polar surface area (TPSA) is 253 Å². The first-order valence-electron chi connectivity index (χ1n) is 11.2. The molecule has 0 aromatic carbocycles. The number of aliphatic hydroxyl groups excluding tert-OH is 6. The average Bonchev–Trinajstić information content (AvgIpc) is 2.81. The van der Waals surface area contributed by atoms with Crippen LogP contribution in [0.4, 0.5) is 0 Å². The number of rotatable bonds is 9. The van der Waals surface area contributed by atoms with Gasteiger partial charge in [0.15, 0.2) is 18.6 Å². The molecule has 36 heavy (non-hydrogen) atoms. The van der Waals surface area contributed by atoms with Crippen molar-refractivity contribution in [1.82, 2.24) is 16.0 Å². The number of nitrogens with one attached hydrogen (secondary N) is 3. The standard InChI is InChI=1S/C20H33N3O13/c1-7(26)21-13-16(31)15(30)9(5-24)34-19(13)23-11(28)3-4-12(29)36-18-10(6-25)35-20(33)14(17(18)32)22-8(2)27/h9-10,13-20,24-25,30-33H,3-6H2,1-2H3,(H,21,26)(H,22,27)(H,23,28)/t9-,10-,13-,14-,15-,16-,17-,18-,19-,20?/m1/s1. The molecule has 16 heteroatoms. The van der Waals surface area contributed by atoms with Crippen molar-refractivity contribution in [3.05, 3.63) is 0 Å². The van der Waals surface area contributed by atoms with Crippen LogP contribution in [-0.4, -0.2) is 129 Å². The van der Waals surface area contributed by atoms with Gasteiger partial charge in [0, 0.05) is 20.3 Å². The Morgan fingerprint density at radius 3 is 1.89 bits per heavy atom. The SMILES string of the molecule is CC(=O)N[C@@H]1[C@@H](O)[C@H](O)[C@@H](CO)O[C@H]1NC(=O)CCC(=O)O[C@H]1[C@H](O)[C@@H](NC(C)=O)C(O)O[C@@H]1CO. The van der Waals surface area contributed by atoms with Crippen molar-refractivity contribution in [2.45, 2.75) is 87.9 Å². The molecule has 2 aliphatic rings. The highest BCUT2D eigenvalue weighted by molar-refractivity contribution is 5.81. The zero-order chi connectivity index (χ0) is 27.2. The van der Waals surface area contributed by atoms with Gasteiger partial charge in [-0.2, -0.15) is 0 Å². The van der Waals surface area contributed by atoms with Crippen LogP contribution in [0.1, 0.15) is 26.7 Å². The number of esters is 1. The Morgan fingerprint density at radius 2 is 1.33 bits per heavy atom. The largest absolute Gasteiger partial charge is 0.457 e. The molecular formula is C20H33N3O13. The van der Waals surface area contributed by atoms with Crippen molar-refractivity contribution in [3.8, 4) is 0 Å². The lowest BCUT2D eigenvalue weighted by Crippen LogP contribution is -2.68. The number of hydrogen-bond acceptors (Lipinski definition) is 13. The fourth-order valence-corrected chi connectivity index (χ4v) is 3.91. The predicted molar refractivity (Wildman–Crippen MR) is 114 cm³/mol. The lowest BCUT2D eigenvalue weighted by Gasteiger charge is -2.42. The summed E-state index contributed by atoms with van der Waals surface area (Å²) in [6, 6.07) is -2.60. The predicted octanol–water partition coefficient (Wildman–Crippen LogP) is -5.69. The minimum Gasteiger partial charge on any atom is -0.457 e. The monoisotopic (exact) mass is 523 g/mol. The highest BCUT2D eigenvalue weighted by Gasteiger charge is 2.47. The number of amides is 3. The van der Waals surface area contributed by atoms with Crippen molar-refractivity contribution in [2.24, 2.45) is 0 Å². The van der Waals surface area contributed by atoms with E-state index in [0.29, 0.717) is 0 Å². The van der Waals surface area contributed by atoms with Gasteiger partial charge in [0.2, 0.25) is 17.7 Å². The maximum atomic E-state index is 12.4. The van der Waals surface area contributed by atoms with Crippen molar-refractivity contribution in [3.63, 3.8) is 0 Å². The molecule has 3 amide bonds. The lowest BCUT2D eigenvalue weighted by molar-refractivity contribution is -0.259. The van der Waals surface area contributed by atoms with Crippen LogP contribution in [0.15, 0.2) is 0 Å². The molecule has 0 radical (unpaired) electrons. The van der Waals surface area contributed by atoms with Gasteiger partial charge in [0.1, 0.15) is 42.6 Å². The van der Waals surface area contributed by atoms with Crippen LogP contribution in [0, 0.1) is 0 Å². The average molecular weight is 523 g/mol. The second kappa shape index (κ2) is 13.2. The van der Waals surface area contributed by atoms with Gasteiger partial charge < -0.3 is 60.8 Å². The van der Waals surface area contributed by atoms with Crippen molar-refractivity contribution >= 4 is 23.7 Å². The summed E-state index contributed by atoms with van der Waals surface area (Å²) in [5, 5.41) is 66.4. The van der Waals surface area contributed by atoms with Crippen LogP contribution in [0.3, 0.4) is 0 Å². The summed E-state index contributed by atoms with van der Waals surface area (Å²) in [4.78, 5) is 47.5. The third-order valence-corrected chi connectivity index (χ3v) is 5.67. The van der Waals surface area contributed by atoms with Gasteiger partial charge in [0.25, 0.3) is 0 Å². The first kappa shape index (κ1) is 29.8. The van der Waals surface area contributed by atoms with E-state index in [4.69, 9.17) is 14.2 Å². The van der Waals surface area contributed by atoms with Gasteiger partial charge in [-0.25, -0.2) is 0 Å². The third kappa shape index (κ3) is 7.53. The lowest BCUT2D eigenvalue weighted by atomic mass is 9.95. The molecule has 206 valence electrons. The molecule has 0 saturated carbocycles. The summed E-state index contributed by atoms with van der Waals surface area (Å²) >= 11 is 0. The van der Waals surface area contributed by atoms with Crippen LogP contribution in [-0.2, 0) is 33.4 Å². The molecule has 0 aliphatic carbocycles. The van der Waals surface area contributed by atoms with E-state index >= 15 is 0 Å². The van der Waals surface area contributed by atoms with Gasteiger partial charge >= 0.3 is 5.97 Å². The summed E-state index contributed by atoms with van der Waals surface area (Å²) in [6.45, 7) is 0.857. The van der Waals surface area contributed by atoms with Crippen molar-refractivity contribution in [1.29, 1.82) is 0 Å². The van der Waals surface area contributed by atoms with Gasteiger partial charge in [0.05, 0.1) is 19.6 Å². The Bertz CT molecular complexity index is 799. The quantitative estimate of drug-likeness (QED) is 0.128. The van der Waals surface area contributed by atoms with Crippen LogP contribution < -0.4 is 16.0 Å². The molecular weight excluding hydrogens is 490 g/mol. The first-order valence-corrected chi connectivity index (χ1v) is 11.2. The van der Waals surface area contributed by atoms with Crippen molar-refractivity contribution in [2.75, 3.05) is 13.2 Å². The first-order chi connectivity index (χ1) is 16.9. The second-order valence-electron chi connectivity index (χ2n) is 8.47. The van der Waals surface area contributed by atoms with E-state index in [2.05, 4.69) is 16.0 Å². The minimum atomic E-state index is -1.68. The van der Waals surface area contributed by atoms with E-state index in [-0.39, 0.29) is 0 Å². The van der Waals surface area contributed by atoms with E-state index in [9.17, 15) is 49.8 Å². The Kier molecular flexibility index (Phi) is 10.9. The highest BCUT2D eigenvalue weighted by Crippen LogP contribution is 2.23. The van der Waals surface area contributed by atoms with E-state index < -0.39 is 111 Å². The van der Waals surface area contributed by atoms with Gasteiger partial charge in [-0.1, -0.05) is 0 Å². The van der Waals surface area contributed by atoms with Crippen LogP contribution in [0.2, 0.25) is 0 Å². The Balaban J connectivity index is 1.97. The third-order valence-electron chi connectivity index (χ3n) is 5.67. The molecule has 2 fully saturated rings. The molecule has 2 rings (SSSR count). The fourth-order valence-electron chi connectivity index (χ4n) is 3.91. The maximum absolute atomic E-state index is 12.4. The second-order valence-corrected chi connectivity index (χ2v) is 8.47. The molecule has 0 aromatic rings. The number of aliphatic hydroxyl groups is 6. The minimum absolute atomic E-state index is 0.473. The summed E-state index contributed by atoms with van der Waals surface area (Å²) in [5.74, 6) is -2.96. The fraction of sp³-hybridized carbons (Fsp3) is 0.800. The number of hydrogen-bond donors (Lipinski definition) is 9. The van der Waals surface area contributed by atoms with Crippen LogP contribution >= 0.6 is 0 Å². The molecule has 10 atom stereocenters. The van der Waals surface area contributed by atoms with E-state index in [1.807, 2.05) is 0 Å². The van der Waals surface area contributed by atoms with E-state index in [1.54, 1.807) is 0 Å². The van der Waals surface area contributed by atoms with Crippen LogP contribution in [0.5, 0.6) is 0 Å². The normalized spacial score (nSPS) is 36.4. The Hall–Kier alpha value is -2.44. The summed E-state index contributed by atoms with van der Waals surface area (Å²) in [7, 11) is 0. The maximum Gasteiger partial charge on any atom is 0.306 e. The molecule has 2 heterocycles. The summed E-state index contributed by atoms with van der Waals surface area (Å²) in [6.07, 6.45) is -12.8. The Morgan fingerprint density at radius 1 is 0.750 bits per heavy atom. The Labute approximate surface area is 205 Å². The molecule has 16 nitrogen and oxygen atoms in total. The van der Waals surface area contributed by atoms with Gasteiger partial charge in [-0.3, -0.25) is 19.2 Å².